The van der Waals surface area contributed by atoms with Crippen molar-refractivity contribution in [3.63, 3.8) is 0 Å². The van der Waals surface area contributed by atoms with Crippen LogP contribution >= 0.6 is 38.6 Å². The van der Waals surface area contributed by atoms with Gasteiger partial charge in [0.15, 0.2) is 0 Å². The van der Waals surface area contributed by atoms with Crippen molar-refractivity contribution in [3.05, 3.63) is 29.3 Å². The van der Waals surface area contributed by atoms with Gasteiger partial charge in [0.05, 0.1) is 0 Å². The van der Waals surface area contributed by atoms with Gasteiger partial charge in [0.1, 0.15) is 0 Å². The summed E-state index contributed by atoms with van der Waals surface area (Å²) in [6, 6.07) is 5.76. The number of hydrogen-bond donors (Lipinski definition) is 4. The maximum atomic E-state index is 11.0. The number of benzene rings is 1. The quantitative estimate of drug-likeness (QED) is 0.287. The minimum atomic E-state index is -4.91. The average molecular weight is 403 g/mol. The molecule has 8 N–H and O–H groups in total. The molecule has 116 valence electrons. The van der Waals surface area contributed by atoms with E-state index in [1.807, 2.05) is 0 Å². The molecule has 0 saturated heterocycles. The zero-order chi connectivity index (χ0) is 13.3. The Morgan fingerprint density at radius 3 is 1.52 bits per heavy atom. The predicted molar refractivity (Wildman–Crippen MR) is 86.7 cm³/mol. The van der Waals surface area contributed by atoms with Gasteiger partial charge >= 0.3 is 74.3 Å². The second kappa shape index (κ2) is 12.4. The van der Waals surface area contributed by atoms with Gasteiger partial charge in [-0.2, -0.15) is 0 Å². The summed E-state index contributed by atoms with van der Waals surface area (Å²) in [5.41, 5.74) is 0. The van der Waals surface area contributed by atoms with Crippen LogP contribution in [0.15, 0.2) is 29.2 Å². The fourth-order valence-corrected chi connectivity index (χ4v) is 5.03. The number of hydrogen-bond acceptors (Lipinski definition) is 3. The standard InChI is InChI=1S/C7H9ClO6P2S.2Na.2H2O.2H/c8-5-1-3-6(4-2-5)17-7(15(9,10)11)16(12,13)14;;;;;;/h1-4,7H,(H2,9,10,11)(H2,12,13,14);;;2*1H2;;. The molecule has 21 heavy (non-hydrogen) atoms. The average Bonchev–Trinajstić information content (AvgIpc) is 2.13. The van der Waals surface area contributed by atoms with E-state index in [1.54, 1.807) is 0 Å². The Bertz CT molecular complexity index is 470. The molecule has 1 aromatic rings. The van der Waals surface area contributed by atoms with Gasteiger partial charge in [-0.1, -0.05) is 23.4 Å². The third-order valence-corrected chi connectivity index (χ3v) is 7.87. The van der Waals surface area contributed by atoms with Gasteiger partial charge in [-0.25, -0.2) is 0 Å². The molecule has 1 aromatic carbocycles. The molecule has 0 bridgehead atoms. The van der Waals surface area contributed by atoms with Crippen LogP contribution in [0.2, 0.25) is 5.02 Å². The van der Waals surface area contributed by atoms with Crippen molar-refractivity contribution < 1.29 is 39.7 Å². The Labute approximate surface area is 174 Å². The van der Waals surface area contributed by atoms with Crippen LogP contribution in [-0.4, -0.2) is 94.4 Å². The molecule has 0 spiro atoms. The second-order valence-electron chi connectivity index (χ2n) is 3.08. The van der Waals surface area contributed by atoms with Crippen LogP contribution < -0.4 is 0 Å². The summed E-state index contributed by atoms with van der Waals surface area (Å²) in [5.74, 6) is 0. The molecule has 0 radical (unpaired) electrons. The first-order valence-electron chi connectivity index (χ1n) is 4.13. The van der Waals surface area contributed by atoms with Crippen LogP contribution in [0, 0.1) is 0 Å². The second-order valence-corrected chi connectivity index (χ2v) is 9.19. The van der Waals surface area contributed by atoms with E-state index in [9.17, 15) is 9.13 Å². The van der Waals surface area contributed by atoms with Crippen LogP contribution in [0.5, 0.6) is 0 Å². The summed E-state index contributed by atoms with van der Waals surface area (Å²) in [6.07, 6.45) is 0. The van der Waals surface area contributed by atoms with E-state index in [0.717, 1.165) is 0 Å². The van der Waals surface area contributed by atoms with Gasteiger partial charge in [-0.3, -0.25) is 9.13 Å². The Balaban J connectivity index is -0.000000361. The van der Waals surface area contributed by atoms with Crippen molar-refractivity contribution >= 4 is 97.7 Å². The minimum absolute atomic E-state index is 0. The molecule has 1 rings (SSSR count). The van der Waals surface area contributed by atoms with Crippen molar-refractivity contribution in [1.29, 1.82) is 0 Å². The Hall–Kier alpha value is 2.08. The summed E-state index contributed by atoms with van der Waals surface area (Å²) < 4.78 is 19.9. The Morgan fingerprint density at radius 2 is 1.24 bits per heavy atom. The zero-order valence-corrected chi connectivity index (χ0v) is 12.5. The van der Waals surface area contributed by atoms with E-state index in [2.05, 4.69) is 0 Å². The molecular formula is C7H15ClNa2O8P2S. The fourth-order valence-electron chi connectivity index (χ4n) is 0.968. The molecule has 0 aliphatic heterocycles. The maximum absolute atomic E-state index is 11.0. The molecule has 0 heterocycles. The molecule has 0 aliphatic carbocycles. The van der Waals surface area contributed by atoms with Crippen LogP contribution in [-0.2, 0) is 9.13 Å². The first kappa shape index (κ1) is 30.9. The van der Waals surface area contributed by atoms with Crippen molar-refractivity contribution in [3.8, 4) is 0 Å². The molecule has 8 nitrogen and oxygen atoms in total. The van der Waals surface area contributed by atoms with E-state index in [1.165, 1.54) is 24.3 Å². The van der Waals surface area contributed by atoms with Crippen molar-refractivity contribution in [2.75, 3.05) is 0 Å². The van der Waals surface area contributed by atoms with Gasteiger partial charge in [-0.15, -0.1) is 0 Å². The molecule has 0 unspecified atom stereocenters. The molecule has 0 amide bonds. The first-order valence-corrected chi connectivity index (χ1v) is 8.75. The number of rotatable bonds is 4. The SMILES string of the molecule is O.O.O=P(O)(O)C(Sc1ccc(Cl)cc1)P(=O)(O)O.[NaH].[NaH]. The summed E-state index contributed by atoms with van der Waals surface area (Å²) >= 11 is 6.04. The Kier molecular flexibility index (Phi) is 18.3. The van der Waals surface area contributed by atoms with E-state index in [4.69, 9.17) is 31.2 Å². The van der Waals surface area contributed by atoms with Gasteiger partial charge in [0, 0.05) is 9.92 Å². The molecule has 0 aliphatic rings. The third kappa shape index (κ3) is 11.3. The van der Waals surface area contributed by atoms with Crippen molar-refractivity contribution in [2.45, 2.75) is 9.63 Å². The summed E-state index contributed by atoms with van der Waals surface area (Å²) in [4.78, 5) is 35.9. The van der Waals surface area contributed by atoms with E-state index in [0.29, 0.717) is 21.7 Å². The van der Waals surface area contributed by atoms with Crippen molar-refractivity contribution in [1.82, 2.24) is 0 Å². The van der Waals surface area contributed by atoms with Crippen LogP contribution in [0.25, 0.3) is 0 Å². The monoisotopic (exact) mass is 402 g/mol. The van der Waals surface area contributed by atoms with Gasteiger partial charge in [0.2, 0.25) is 4.73 Å². The number of halogens is 1. The molecule has 0 atom stereocenters. The molecule has 14 heteroatoms. The van der Waals surface area contributed by atoms with E-state index >= 15 is 0 Å². The topological polar surface area (TPSA) is 178 Å². The zero-order valence-electron chi connectivity index (χ0n) is 9.17. The van der Waals surface area contributed by atoms with E-state index in [-0.39, 0.29) is 70.1 Å². The van der Waals surface area contributed by atoms with Crippen molar-refractivity contribution in [2.24, 2.45) is 0 Å². The molecular weight excluding hydrogens is 388 g/mol. The summed E-state index contributed by atoms with van der Waals surface area (Å²) in [5, 5.41) is 0.415. The summed E-state index contributed by atoms with van der Waals surface area (Å²) in [6.45, 7) is 0. The Morgan fingerprint density at radius 1 is 0.905 bits per heavy atom. The van der Waals surface area contributed by atoms with Gasteiger partial charge in [-0.05, 0) is 24.3 Å². The molecule has 0 aromatic heterocycles. The first-order chi connectivity index (χ1) is 7.60. The molecule has 0 fully saturated rings. The normalized spacial score (nSPS) is 10.6. The summed E-state index contributed by atoms with van der Waals surface area (Å²) in [7, 11) is -9.82. The predicted octanol–water partition coefficient (Wildman–Crippen LogP) is -0.875. The van der Waals surface area contributed by atoms with Crippen LogP contribution in [0.4, 0.5) is 0 Å². The fraction of sp³-hybridized carbons (Fsp3) is 0.143. The van der Waals surface area contributed by atoms with Gasteiger partial charge in [0.25, 0.3) is 0 Å². The van der Waals surface area contributed by atoms with Crippen LogP contribution in [0.3, 0.4) is 0 Å². The van der Waals surface area contributed by atoms with E-state index < -0.39 is 19.9 Å². The van der Waals surface area contributed by atoms with Crippen LogP contribution in [0.1, 0.15) is 0 Å². The number of thioether (sulfide) groups is 1. The molecule has 0 saturated carbocycles. The third-order valence-electron chi connectivity index (χ3n) is 1.63. The van der Waals surface area contributed by atoms with Gasteiger partial charge < -0.3 is 30.5 Å².